The third-order valence-electron chi connectivity index (χ3n) is 7.80. The van der Waals surface area contributed by atoms with E-state index < -0.39 is 16.2 Å². The van der Waals surface area contributed by atoms with Crippen molar-refractivity contribution < 1.29 is 12.8 Å². The number of fused-ring (bicyclic) bond motifs is 1. The number of pyridine rings is 1. The van der Waals surface area contributed by atoms with Crippen molar-refractivity contribution in [1.29, 1.82) is 0 Å². The van der Waals surface area contributed by atoms with Crippen LogP contribution in [0.4, 0.5) is 4.39 Å². The zero-order chi connectivity index (χ0) is 24.9. The molecule has 6 rings (SSSR count). The molecule has 1 aliphatic heterocycles. The third kappa shape index (κ3) is 4.14. The highest BCUT2D eigenvalue weighted by molar-refractivity contribution is 7.90. The van der Waals surface area contributed by atoms with E-state index in [1.165, 1.54) is 3.97 Å². The molecule has 188 valence electrons. The first-order valence-electron chi connectivity index (χ1n) is 12.6. The minimum Gasteiger partial charge on any atom is -0.297 e. The number of likely N-dealkylation sites (tertiary alicyclic amines) is 1. The summed E-state index contributed by atoms with van der Waals surface area (Å²) in [6.45, 7) is 1.43. The van der Waals surface area contributed by atoms with Crippen LogP contribution in [0.5, 0.6) is 0 Å². The van der Waals surface area contributed by atoms with Gasteiger partial charge in [0.25, 0.3) is 10.0 Å². The first-order valence-corrected chi connectivity index (χ1v) is 14.0. The predicted octanol–water partition coefficient (Wildman–Crippen LogP) is 4.74. The van der Waals surface area contributed by atoms with Gasteiger partial charge in [0, 0.05) is 61.3 Å². The van der Waals surface area contributed by atoms with Crippen LogP contribution in [-0.2, 0) is 17.1 Å². The Labute approximate surface area is 210 Å². The lowest BCUT2D eigenvalue weighted by Crippen LogP contribution is -2.36. The van der Waals surface area contributed by atoms with Crippen LogP contribution in [0.15, 0.2) is 66.1 Å². The molecule has 9 heteroatoms. The minimum absolute atomic E-state index is 0.223. The molecular weight excluding hydrogens is 477 g/mol. The molecule has 0 amide bonds. The van der Waals surface area contributed by atoms with Gasteiger partial charge in [-0.15, -0.1) is 0 Å². The molecule has 0 N–H and O–H groups in total. The number of hydrogen-bond acceptors (Lipinski definition) is 5. The molecule has 7 nitrogen and oxygen atoms in total. The van der Waals surface area contributed by atoms with E-state index in [1.807, 2.05) is 19.4 Å². The van der Waals surface area contributed by atoms with Gasteiger partial charge >= 0.3 is 0 Å². The Bertz CT molecular complexity index is 1490. The normalized spacial score (nSPS) is 23.4. The van der Waals surface area contributed by atoms with Gasteiger partial charge in [0.2, 0.25) is 0 Å². The summed E-state index contributed by atoms with van der Waals surface area (Å²) in [6, 6.07) is 11.0. The molecule has 36 heavy (non-hydrogen) atoms. The van der Waals surface area contributed by atoms with Crippen LogP contribution in [0.3, 0.4) is 0 Å². The lowest BCUT2D eigenvalue weighted by Gasteiger charge is -2.34. The molecule has 0 bridgehead atoms. The summed E-state index contributed by atoms with van der Waals surface area (Å²) >= 11 is 0. The number of rotatable bonds is 5. The van der Waals surface area contributed by atoms with E-state index in [1.54, 1.807) is 47.4 Å². The number of aryl methyl sites for hydroxylation is 1. The summed E-state index contributed by atoms with van der Waals surface area (Å²) in [7, 11) is -1.97. The van der Waals surface area contributed by atoms with E-state index in [2.05, 4.69) is 16.1 Å². The van der Waals surface area contributed by atoms with Gasteiger partial charge in [-0.25, -0.2) is 21.8 Å². The van der Waals surface area contributed by atoms with Gasteiger partial charge in [-0.2, -0.15) is 5.10 Å². The van der Waals surface area contributed by atoms with Gasteiger partial charge in [0.1, 0.15) is 6.17 Å². The van der Waals surface area contributed by atoms with Gasteiger partial charge in [-0.3, -0.25) is 9.58 Å². The van der Waals surface area contributed by atoms with Crippen molar-refractivity contribution in [3.63, 3.8) is 0 Å². The highest BCUT2D eigenvalue weighted by Crippen LogP contribution is 2.39. The molecule has 1 aliphatic carbocycles. The van der Waals surface area contributed by atoms with Gasteiger partial charge in [-0.1, -0.05) is 18.2 Å². The highest BCUT2D eigenvalue weighted by Gasteiger charge is 2.32. The molecule has 1 saturated carbocycles. The van der Waals surface area contributed by atoms with E-state index in [4.69, 9.17) is 4.98 Å². The maximum absolute atomic E-state index is 13.7. The Kier molecular flexibility index (Phi) is 5.92. The molecule has 1 atom stereocenters. The van der Waals surface area contributed by atoms with E-state index in [0.717, 1.165) is 54.3 Å². The fraction of sp³-hybridized carbons (Fsp3) is 0.407. The molecule has 0 spiro atoms. The van der Waals surface area contributed by atoms with E-state index in [-0.39, 0.29) is 4.90 Å². The van der Waals surface area contributed by atoms with Gasteiger partial charge in [0.05, 0.1) is 11.1 Å². The van der Waals surface area contributed by atoms with Crippen molar-refractivity contribution >= 4 is 21.1 Å². The molecule has 1 aromatic carbocycles. The lowest BCUT2D eigenvalue weighted by atomic mass is 9.81. The standard InChI is InChI=1S/C27H30FN5O2S/c1-31-16-21(15-30-31)26-18-33(36(34,35)24-5-3-2-4-6-24)27-25(26)13-20(14-29-27)19-7-9-23(10-8-19)32-12-11-22(28)17-32/h2-6,13-16,18-19,22-23H,7-12,17H2,1H3/t19-,22-,23+/m1/s1. The van der Waals surface area contributed by atoms with Crippen LogP contribution in [0, 0.1) is 0 Å². The Morgan fingerprint density at radius 2 is 1.78 bits per heavy atom. The average molecular weight is 508 g/mol. The quantitative estimate of drug-likeness (QED) is 0.390. The van der Waals surface area contributed by atoms with Gasteiger partial charge in [-0.05, 0) is 61.8 Å². The topological polar surface area (TPSA) is 73.0 Å². The van der Waals surface area contributed by atoms with Crippen LogP contribution in [0.2, 0.25) is 0 Å². The Hall–Kier alpha value is -3.04. The summed E-state index contributed by atoms with van der Waals surface area (Å²) in [6.07, 6.45) is 11.3. The van der Waals surface area contributed by atoms with E-state index in [9.17, 15) is 12.8 Å². The van der Waals surface area contributed by atoms with Gasteiger partial charge in [0.15, 0.2) is 5.65 Å². The summed E-state index contributed by atoms with van der Waals surface area (Å²) in [5.74, 6) is 0.359. The Morgan fingerprint density at radius 3 is 2.44 bits per heavy atom. The second kappa shape index (κ2) is 9.12. The van der Waals surface area contributed by atoms with Crippen molar-refractivity contribution in [1.82, 2.24) is 23.6 Å². The van der Waals surface area contributed by atoms with Crippen molar-refractivity contribution in [2.24, 2.45) is 7.05 Å². The van der Waals surface area contributed by atoms with E-state index in [0.29, 0.717) is 30.6 Å². The van der Waals surface area contributed by atoms with Crippen LogP contribution in [0.1, 0.15) is 43.6 Å². The molecule has 3 aromatic heterocycles. The molecule has 1 saturated heterocycles. The summed E-state index contributed by atoms with van der Waals surface area (Å²) in [5, 5.41) is 5.11. The second-order valence-electron chi connectivity index (χ2n) is 10.1. The maximum Gasteiger partial charge on any atom is 0.269 e. The number of hydrogen-bond donors (Lipinski definition) is 0. The SMILES string of the molecule is Cn1cc(-c2cn(S(=O)(=O)c3ccccc3)c3ncc([C@H]4CC[C@@H](N5CC[C@@H](F)C5)CC4)cc23)cn1. The van der Waals surface area contributed by atoms with Crippen molar-refractivity contribution in [3.8, 4) is 11.1 Å². The smallest absolute Gasteiger partial charge is 0.269 e. The summed E-state index contributed by atoms with van der Waals surface area (Å²) in [5.41, 5.74) is 3.20. The highest BCUT2D eigenvalue weighted by atomic mass is 32.2. The van der Waals surface area contributed by atoms with Crippen LogP contribution >= 0.6 is 0 Å². The van der Waals surface area contributed by atoms with Crippen molar-refractivity contribution in [2.75, 3.05) is 13.1 Å². The molecule has 0 unspecified atom stereocenters. The number of benzene rings is 1. The largest absolute Gasteiger partial charge is 0.297 e. The first kappa shape index (κ1) is 23.4. The Morgan fingerprint density at radius 1 is 1.00 bits per heavy atom. The summed E-state index contributed by atoms with van der Waals surface area (Å²) in [4.78, 5) is 7.24. The second-order valence-corrected chi connectivity index (χ2v) is 11.9. The third-order valence-corrected chi connectivity index (χ3v) is 9.46. The van der Waals surface area contributed by atoms with Gasteiger partial charge < -0.3 is 0 Å². The number of nitrogens with zero attached hydrogens (tertiary/aromatic N) is 5. The zero-order valence-corrected chi connectivity index (χ0v) is 21.1. The van der Waals surface area contributed by atoms with Crippen molar-refractivity contribution in [2.45, 2.75) is 55.1 Å². The molecular formula is C27H30FN5O2S. The Balaban J connectivity index is 1.36. The first-order chi connectivity index (χ1) is 17.4. The van der Waals surface area contributed by atoms with Crippen molar-refractivity contribution in [3.05, 3.63) is 66.7 Å². The molecule has 2 fully saturated rings. The zero-order valence-electron chi connectivity index (χ0n) is 20.3. The lowest BCUT2D eigenvalue weighted by molar-refractivity contribution is 0.170. The minimum atomic E-state index is -3.81. The van der Waals surface area contributed by atoms with Crippen LogP contribution in [-0.4, -0.2) is 57.4 Å². The maximum atomic E-state index is 13.7. The number of alkyl halides is 1. The molecule has 2 aliphatic rings. The number of halogens is 1. The average Bonchev–Trinajstić information content (AvgIpc) is 3.62. The fourth-order valence-corrected chi connectivity index (χ4v) is 7.19. The monoisotopic (exact) mass is 507 g/mol. The predicted molar refractivity (Wildman–Crippen MR) is 137 cm³/mol. The van der Waals surface area contributed by atoms with Crippen LogP contribution in [0.25, 0.3) is 22.2 Å². The fourth-order valence-electron chi connectivity index (χ4n) is 5.85. The van der Waals surface area contributed by atoms with Crippen LogP contribution < -0.4 is 0 Å². The molecule has 4 aromatic rings. The molecule has 4 heterocycles. The number of aromatic nitrogens is 4. The molecule has 0 radical (unpaired) electrons. The van der Waals surface area contributed by atoms with E-state index >= 15 is 0 Å². The summed E-state index contributed by atoms with van der Waals surface area (Å²) < 4.78 is 43.8.